The van der Waals surface area contributed by atoms with Crippen molar-refractivity contribution in [2.24, 2.45) is 0 Å². The number of ether oxygens (including phenoxy) is 2. The van der Waals surface area contributed by atoms with Crippen LogP contribution in [0.25, 0.3) is 16.9 Å². The molecule has 0 unspecified atom stereocenters. The van der Waals surface area contributed by atoms with Crippen LogP contribution >= 0.6 is 0 Å². The van der Waals surface area contributed by atoms with Gasteiger partial charge in [0.05, 0.1) is 31.0 Å². The van der Waals surface area contributed by atoms with Crippen LogP contribution < -0.4 is 9.47 Å². The molecule has 1 aliphatic carbocycles. The third-order valence-corrected chi connectivity index (χ3v) is 4.58. The average Bonchev–Trinajstić information content (AvgIpc) is 3.55. The molecule has 4 heterocycles. The molecule has 4 aromatic heterocycles. The molecule has 0 saturated heterocycles. The third-order valence-electron chi connectivity index (χ3n) is 4.58. The van der Waals surface area contributed by atoms with Gasteiger partial charge in [0, 0.05) is 36.5 Å². The maximum absolute atomic E-state index is 8.25. The molecule has 0 bridgehead atoms. The van der Waals surface area contributed by atoms with Crippen molar-refractivity contribution in [3.05, 3.63) is 60.3 Å². The van der Waals surface area contributed by atoms with Crippen LogP contribution in [0.15, 0.2) is 49.2 Å². The highest BCUT2D eigenvalue weighted by atomic mass is 16.5. The zero-order chi connectivity index (χ0) is 20.9. The standard InChI is InChI=1S/C15H15N5O2.C6H4N2/c1-21-14-11(8-17-15(18-14)22-2)12-7-10(9-3-4-9)13-16-5-6-20(13)19-12;7-4-6-2-1-3-8-5-6/h5-9H,3-4H2,1-2H3;1-3,5H. The van der Waals surface area contributed by atoms with Crippen LogP contribution in [0.4, 0.5) is 0 Å². The minimum atomic E-state index is 0.270. The van der Waals surface area contributed by atoms with Crippen molar-refractivity contribution in [3.63, 3.8) is 0 Å². The molecule has 30 heavy (non-hydrogen) atoms. The molecule has 150 valence electrons. The number of nitriles is 1. The van der Waals surface area contributed by atoms with Crippen LogP contribution in [0.2, 0.25) is 0 Å². The van der Waals surface area contributed by atoms with Gasteiger partial charge in [-0.2, -0.15) is 15.3 Å². The van der Waals surface area contributed by atoms with E-state index >= 15 is 0 Å². The first-order chi connectivity index (χ1) is 14.7. The summed E-state index contributed by atoms with van der Waals surface area (Å²) >= 11 is 0. The van der Waals surface area contributed by atoms with E-state index in [4.69, 9.17) is 14.7 Å². The van der Waals surface area contributed by atoms with Crippen LogP contribution in [0, 0.1) is 11.3 Å². The normalized spacial score (nSPS) is 12.6. The van der Waals surface area contributed by atoms with Gasteiger partial charge in [0.25, 0.3) is 0 Å². The summed E-state index contributed by atoms with van der Waals surface area (Å²) in [4.78, 5) is 16.5. The van der Waals surface area contributed by atoms with Crippen molar-refractivity contribution >= 4 is 5.65 Å². The second-order valence-corrected chi connectivity index (χ2v) is 6.59. The van der Waals surface area contributed by atoms with Gasteiger partial charge in [-0.05, 0) is 37.0 Å². The second kappa shape index (κ2) is 8.53. The number of aromatic nitrogens is 6. The van der Waals surface area contributed by atoms with E-state index in [0.29, 0.717) is 17.4 Å². The van der Waals surface area contributed by atoms with Crippen molar-refractivity contribution < 1.29 is 9.47 Å². The van der Waals surface area contributed by atoms with Crippen LogP contribution in [0.3, 0.4) is 0 Å². The minimum absolute atomic E-state index is 0.270. The third kappa shape index (κ3) is 4.03. The predicted molar refractivity (Wildman–Crippen MR) is 108 cm³/mol. The van der Waals surface area contributed by atoms with Crippen molar-refractivity contribution in [1.29, 1.82) is 5.26 Å². The maximum Gasteiger partial charge on any atom is 0.319 e. The molecule has 9 nitrogen and oxygen atoms in total. The lowest BCUT2D eigenvalue weighted by atomic mass is 10.1. The van der Waals surface area contributed by atoms with E-state index in [1.54, 1.807) is 42.3 Å². The largest absolute Gasteiger partial charge is 0.480 e. The highest BCUT2D eigenvalue weighted by Gasteiger charge is 2.28. The van der Waals surface area contributed by atoms with Crippen molar-refractivity contribution in [2.45, 2.75) is 18.8 Å². The number of pyridine rings is 1. The first-order valence-electron chi connectivity index (χ1n) is 9.33. The number of fused-ring (bicyclic) bond motifs is 1. The SMILES string of the molecule is COc1ncc(-c2cc(C3CC3)c3nccn3n2)c(OC)n1.N#Cc1cccnc1. The van der Waals surface area contributed by atoms with Crippen LogP contribution in [-0.4, -0.2) is 43.8 Å². The zero-order valence-electron chi connectivity index (χ0n) is 16.6. The van der Waals surface area contributed by atoms with Crippen LogP contribution in [-0.2, 0) is 0 Å². The maximum atomic E-state index is 8.25. The molecule has 0 aromatic carbocycles. The van der Waals surface area contributed by atoms with Gasteiger partial charge in [-0.1, -0.05) is 0 Å². The molecule has 0 aliphatic heterocycles. The van der Waals surface area contributed by atoms with Gasteiger partial charge < -0.3 is 9.47 Å². The Morgan fingerprint density at radius 2 is 2.00 bits per heavy atom. The Morgan fingerprint density at radius 1 is 1.13 bits per heavy atom. The molecule has 0 N–H and O–H groups in total. The summed E-state index contributed by atoms with van der Waals surface area (Å²) in [7, 11) is 3.10. The number of hydrogen-bond donors (Lipinski definition) is 0. The van der Waals surface area contributed by atoms with Gasteiger partial charge in [-0.15, -0.1) is 0 Å². The molecule has 5 rings (SSSR count). The number of rotatable bonds is 4. The lowest BCUT2D eigenvalue weighted by Gasteiger charge is -2.10. The molecule has 1 aliphatic rings. The number of methoxy groups -OCH3 is 2. The molecular weight excluding hydrogens is 382 g/mol. The summed E-state index contributed by atoms with van der Waals surface area (Å²) in [5.74, 6) is 1.01. The smallest absolute Gasteiger partial charge is 0.319 e. The van der Waals surface area contributed by atoms with E-state index < -0.39 is 0 Å². The Kier molecular flexibility index (Phi) is 5.48. The topological polar surface area (TPSA) is 111 Å². The summed E-state index contributed by atoms with van der Waals surface area (Å²) in [5.41, 5.74) is 4.24. The van der Waals surface area contributed by atoms with E-state index in [2.05, 4.69) is 31.1 Å². The number of hydrogen-bond acceptors (Lipinski definition) is 8. The van der Waals surface area contributed by atoms with E-state index in [-0.39, 0.29) is 6.01 Å². The molecule has 9 heteroatoms. The Morgan fingerprint density at radius 3 is 2.63 bits per heavy atom. The lowest BCUT2D eigenvalue weighted by Crippen LogP contribution is -2.02. The van der Waals surface area contributed by atoms with Gasteiger partial charge in [0.2, 0.25) is 5.88 Å². The first kappa shape index (κ1) is 19.3. The predicted octanol–water partition coefficient (Wildman–Crippen LogP) is 3.03. The molecule has 4 aromatic rings. The van der Waals surface area contributed by atoms with Crippen LogP contribution in [0.5, 0.6) is 11.9 Å². The van der Waals surface area contributed by atoms with Gasteiger partial charge in [-0.25, -0.2) is 14.5 Å². The Balaban J connectivity index is 0.000000230. The molecule has 1 saturated carbocycles. The highest BCUT2D eigenvalue weighted by molar-refractivity contribution is 5.67. The molecule has 0 amide bonds. The molecule has 0 radical (unpaired) electrons. The van der Waals surface area contributed by atoms with Crippen molar-refractivity contribution in [1.82, 2.24) is 29.5 Å². The van der Waals surface area contributed by atoms with E-state index in [9.17, 15) is 0 Å². The second-order valence-electron chi connectivity index (χ2n) is 6.59. The van der Waals surface area contributed by atoms with Gasteiger partial charge in [-0.3, -0.25) is 4.98 Å². The highest BCUT2D eigenvalue weighted by Crippen LogP contribution is 2.42. The molecular formula is C21H19N7O2. The van der Waals surface area contributed by atoms with Crippen molar-refractivity contribution in [2.75, 3.05) is 14.2 Å². The van der Waals surface area contributed by atoms with Gasteiger partial charge >= 0.3 is 6.01 Å². The lowest BCUT2D eigenvalue weighted by molar-refractivity contribution is 0.353. The van der Waals surface area contributed by atoms with Gasteiger partial charge in [0.15, 0.2) is 5.65 Å². The average molecular weight is 401 g/mol. The number of nitrogens with zero attached hydrogens (tertiary/aromatic N) is 7. The van der Waals surface area contributed by atoms with E-state index in [0.717, 1.165) is 16.9 Å². The fourth-order valence-electron chi connectivity index (χ4n) is 2.98. The number of imidazole rings is 1. The fraction of sp³-hybridized carbons (Fsp3) is 0.238. The Labute approximate surface area is 173 Å². The Hall–Kier alpha value is -4.06. The molecule has 0 atom stereocenters. The monoisotopic (exact) mass is 401 g/mol. The quantitative estimate of drug-likeness (QED) is 0.513. The first-order valence-corrected chi connectivity index (χ1v) is 9.33. The van der Waals surface area contributed by atoms with Gasteiger partial charge in [0.1, 0.15) is 6.07 Å². The summed E-state index contributed by atoms with van der Waals surface area (Å²) in [6, 6.07) is 7.75. The molecule has 0 spiro atoms. The summed E-state index contributed by atoms with van der Waals surface area (Å²) in [6.07, 6.45) is 10.8. The fourth-order valence-corrected chi connectivity index (χ4v) is 2.98. The zero-order valence-corrected chi connectivity index (χ0v) is 16.6. The van der Waals surface area contributed by atoms with Crippen LogP contribution in [0.1, 0.15) is 29.9 Å². The minimum Gasteiger partial charge on any atom is -0.480 e. The van der Waals surface area contributed by atoms with Crippen molar-refractivity contribution in [3.8, 4) is 29.2 Å². The summed E-state index contributed by atoms with van der Waals surface area (Å²) in [5, 5.41) is 12.8. The summed E-state index contributed by atoms with van der Waals surface area (Å²) < 4.78 is 12.2. The summed E-state index contributed by atoms with van der Waals surface area (Å²) in [6.45, 7) is 0. The van der Waals surface area contributed by atoms with E-state index in [1.807, 2.05) is 12.3 Å². The Bertz CT molecular complexity index is 1200. The molecule has 1 fully saturated rings. The van der Waals surface area contributed by atoms with E-state index in [1.165, 1.54) is 31.7 Å².